The highest BCUT2D eigenvalue weighted by molar-refractivity contribution is 7.85. The molecule has 4 nitrogen and oxygen atoms in total. The molecule has 1 rings (SSSR count). The van der Waals surface area contributed by atoms with Crippen LogP contribution in [-0.2, 0) is 21.3 Å². The van der Waals surface area contributed by atoms with E-state index in [1.807, 2.05) is 0 Å². The number of aliphatic carboxylic acids is 1. The van der Waals surface area contributed by atoms with Gasteiger partial charge in [-0.1, -0.05) is 13.8 Å². The first-order valence-corrected chi connectivity index (χ1v) is 6.76. The first kappa shape index (κ1) is 12.3. The van der Waals surface area contributed by atoms with Gasteiger partial charge < -0.3 is 5.11 Å². The molecule has 1 aromatic rings. The van der Waals surface area contributed by atoms with E-state index in [2.05, 4.69) is 4.98 Å². The molecule has 0 spiro atoms. The Kier molecular flexibility index (Phi) is 4.41. The van der Waals surface area contributed by atoms with Crippen LogP contribution in [0.15, 0.2) is 11.7 Å². The molecule has 1 N–H and O–H groups in total. The normalized spacial score (nSPS) is 15.1. The summed E-state index contributed by atoms with van der Waals surface area (Å²) in [7, 11) is -1.38. The van der Waals surface area contributed by atoms with Crippen molar-refractivity contribution in [1.29, 1.82) is 0 Å². The lowest BCUT2D eigenvalue weighted by Gasteiger charge is -2.14. The Bertz CT molecular complexity index is 348. The summed E-state index contributed by atoms with van der Waals surface area (Å²) in [5, 5.41) is 8.14. The van der Waals surface area contributed by atoms with E-state index in [4.69, 9.17) is 5.11 Å². The number of thiazole rings is 1. The molecule has 2 atom stereocenters. The second kappa shape index (κ2) is 5.37. The summed E-state index contributed by atoms with van der Waals surface area (Å²) in [5.41, 5.74) is 1.65. The quantitative estimate of drug-likeness (QED) is 0.856. The number of carbonyl (C=O) groups is 1. The number of carboxylic acid groups (broad SMARTS) is 1. The van der Waals surface area contributed by atoms with Gasteiger partial charge in [0.05, 0.1) is 11.3 Å². The third-order valence-corrected chi connectivity index (χ3v) is 4.77. The first-order valence-electron chi connectivity index (χ1n) is 4.49. The molecule has 0 aliphatic heterocycles. The summed E-state index contributed by atoms with van der Waals surface area (Å²) in [6.07, 6.45) is 1.63. The largest absolute Gasteiger partial charge is 0.480 e. The lowest BCUT2D eigenvalue weighted by Crippen LogP contribution is -2.31. The molecule has 84 valence electrons. The molecule has 0 saturated heterocycles. The molecular formula is C9H13NO3S2. The summed E-state index contributed by atoms with van der Waals surface area (Å²) < 4.78 is 11.8. The van der Waals surface area contributed by atoms with E-state index in [9.17, 15) is 9.00 Å². The summed E-state index contributed by atoms with van der Waals surface area (Å²) in [6.45, 7) is 3.53. The highest BCUT2D eigenvalue weighted by Crippen LogP contribution is 2.16. The molecule has 0 amide bonds. The second-order valence-corrected chi connectivity index (χ2v) is 6.02. The van der Waals surface area contributed by atoms with Crippen LogP contribution in [0.25, 0.3) is 0 Å². The number of nitrogens with zero attached hydrogens (tertiary/aromatic N) is 1. The minimum atomic E-state index is -1.38. The molecule has 15 heavy (non-hydrogen) atoms. The van der Waals surface area contributed by atoms with Gasteiger partial charge >= 0.3 is 5.97 Å². The zero-order valence-electron chi connectivity index (χ0n) is 8.54. The van der Waals surface area contributed by atoms with Crippen molar-refractivity contribution in [1.82, 2.24) is 4.98 Å². The zero-order valence-corrected chi connectivity index (χ0v) is 10.2. The summed E-state index contributed by atoms with van der Waals surface area (Å²) in [4.78, 5) is 15.6. The summed E-state index contributed by atoms with van der Waals surface area (Å²) in [5.74, 6) is -0.844. The van der Waals surface area contributed by atoms with Crippen LogP contribution in [-0.4, -0.2) is 25.5 Å². The Morgan fingerprint density at radius 3 is 2.73 bits per heavy atom. The topological polar surface area (TPSA) is 67.3 Å². The first-order chi connectivity index (χ1) is 7.02. The Labute approximate surface area is 94.8 Å². The van der Waals surface area contributed by atoms with Gasteiger partial charge in [-0.3, -0.25) is 14.0 Å². The van der Waals surface area contributed by atoms with Crippen molar-refractivity contribution in [2.75, 3.05) is 0 Å². The van der Waals surface area contributed by atoms with Gasteiger partial charge in [0, 0.05) is 21.9 Å². The second-order valence-electron chi connectivity index (χ2n) is 3.50. The molecular weight excluding hydrogens is 234 g/mol. The standard InChI is InChI=1S/C9H13NO3S2/c1-6(2)8(9(11)12)15(13)4-7-3-10-5-14-7/h3,5-6,8H,4H2,1-2H3,(H,11,12). The van der Waals surface area contributed by atoms with Gasteiger partial charge in [0.1, 0.15) is 5.25 Å². The fraction of sp³-hybridized carbons (Fsp3) is 0.556. The van der Waals surface area contributed by atoms with Gasteiger partial charge in [0.2, 0.25) is 0 Å². The van der Waals surface area contributed by atoms with Gasteiger partial charge in [-0.05, 0) is 5.92 Å². The number of rotatable bonds is 5. The van der Waals surface area contributed by atoms with Gasteiger partial charge in [-0.2, -0.15) is 0 Å². The van der Waals surface area contributed by atoms with Crippen molar-refractivity contribution >= 4 is 28.1 Å². The molecule has 0 fully saturated rings. The van der Waals surface area contributed by atoms with Crippen LogP contribution >= 0.6 is 11.3 Å². The lowest BCUT2D eigenvalue weighted by atomic mass is 10.1. The van der Waals surface area contributed by atoms with E-state index in [1.54, 1.807) is 25.6 Å². The minimum Gasteiger partial charge on any atom is -0.480 e. The van der Waals surface area contributed by atoms with Crippen molar-refractivity contribution in [2.24, 2.45) is 5.92 Å². The van der Waals surface area contributed by atoms with Crippen molar-refractivity contribution in [3.05, 3.63) is 16.6 Å². The average Bonchev–Trinajstić information content (AvgIpc) is 2.54. The fourth-order valence-electron chi connectivity index (χ4n) is 1.24. The van der Waals surface area contributed by atoms with Crippen LogP contribution < -0.4 is 0 Å². The van der Waals surface area contributed by atoms with E-state index < -0.39 is 22.0 Å². The van der Waals surface area contributed by atoms with Crippen molar-refractivity contribution < 1.29 is 14.1 Å². The van der Waals surface area contributed by atoms with Crippen LogP contribution in [0, 0.1) is 5.92 Å². The van der Waals surface area contributed by atoms with Crippen LogP contribution in [0.5, 0.6) is 0 Å². The Morgan fingerprint density at radius 2 is 2.33 bits per heavy atom. The van der Waals surface area contributed by atoms with Crippen LogP contribution in [0.4, 0.5) is 0 Å². The van der Waals surface area contributed by atoms with E-state index >= 15 is 0 Å². The summed E-state index contributed by atoms with van der Waals surface area (Å²) in [6, 6.07) is 0. The van der Waals surface area contributed by atoms with Crippen LogP contribution in [0.2, 0.25) is 0 Å². The Hall–Kier alpha value is -0.750. The molecule has 0 aromatic carbocycles. The molecule has 1 aromatic heterocycles. The maximum Gasteiger partial charge on any atom is 0.319 e. The highest BCUT2D eigenvalue weighted by atomic mass is 32.2. The maximum atomic E-state index is 11.8. The number of carboxylic acids is 1. The van der Waals surface area contributed by atoms with Crippen LogP contribution in [0.3, 0.4) is 0 Å². The predicted octanol–water partition coefficient (Wildman–Crippen LogP) is 1.50. The number of hydrogen-bond donors (Lipinski definition) is 1. The third kappa shape index (κ3) is 3.39. The molecule has 0 aliphatic rings. The zero-order chi connectivity index (χ0) is 11.4. The summed E-state index contributed by atoms with van der Waals surface area (Å²) >= 11 is 1.39. The van der Waals surface area contributed by atoms with Crippen molar-refractivity contribution in [2.45, 2.75) is 24.9 Å². The SMILES string of the molecule is CC(C)C(C(=O)O)S(=O)Cc1cncs1. The monoisotopic (exact) mass is 247 g/mol. The Morgan fingerprint density at radius 1 is 1.67 bits per heavy atom. The van der Waals surface area contributed by atoms with Gasteiger partial charge in [0.25, 0.3) is 0 Å². The molecule has 0 aliphatic carbocycles. The predicted molar refractivity (Wildman–Crippen MR) is 60.2 cm³/mol. The molecule has 0 radical (unpaired) electrons. The fourth-order valence-corrected chi connectivity index (χ4v) is 3.61. The van der Waals surface area contributed by atoms with Gasteiger partial charge in [-0.15, -0.1) is 11.3 Å². The molecule has 1 heterocycles. The molecule has 6 heteroatoms. The molecule has 0 bridgehead atoms. The van der Waals surface area contributed by atoms with Crippen LogP contribution in [0.1, 0.15) is 18.7 Å². The van der Waals surface area contributed by atoms with Crippen molar-refractivity contribution in [3.63, 3.8) is 0 Å². The maximum absolute atomic E-state index is 11.8. The highest BCUT2D eigenvalue weighted by Gasteiger charge is 2.28. The van der Waals surface area contributed by atoms with E-state index in [0.717, 1.165) is 4.88 Å². The minimum absolute atomic E-state index is 0.128. The smallest absolute Gasteiger partial charge is 0.319 e. The van der Waals surface area contributed by atoms with E-state index in [-0.39, 0.29) is 11.7 Å². The van der Waals surface area contributed by atoms with Gasteiger partial charge in [-0.25, -0.2) is 0 Å². The van der Waals surface area contributed by atoms with Crippen molar-refractivity contribution in [3.8, 4) is 0 Å². The number of hydrogen-bond acceptors (Lipinski definition) is 4. The van der Waals surface area contributed by atoms with Gasteiger partial charge in [0.15, 0.2) is 0 Å². The van der Waals surface area contributed by atoms with E-state index in [1.165, 1.54) is 11.3 Å². The Balaban J connectivity index is 2.69. The lowest BCUT2D eigenvalue weighted by molar-refractivity contribution is -0.137. The third-order valence-electron chi connectivity index (χ3n) is 1.90. The average molecular weight is 247 g/mol. The molecule has 2 unspecified atom stereocenters. The van der Waals surface area contributed by atoms with E-state index in [0.29, 0.717) is 0 Å². The number of aromatic nitrogens is 1. The molecule has 0 saturated carbocycles.